The highest BCUT2D eigenvalue weighted by Crippen LogP contribution is 2.42. The van der Waals surface area contributed by atoms with E-state index < -0.39 is 97.0 Å². The highest BCUT2D eigenvalue weighted by molar-refractivity contribution is 5.87. The first-order valence-electron chi connectivity index (χ1n) is 21.7. The summed E-state index contributed by atoms with van der Waals surface area (Å²) in [5.41, 5.74) is 6.78. The van der Waals surface area contributed by atoms with Gasteiger partial charge < -0.3 is 64.4 Å². The smallest absolute Gasteiger partial charge is 0.404 e. The standard InChI is InChI=1S/C46H75NO14/c1-13-16-34-28(7)37(58-38-22-33(48)43(31(10)57-38)60-45(47)53)23-46(54,61-34)30(9)41(51)29(8)42-35(55-11)18-15-17-24(3)19-26(5)39(49)32(14-2)40(50)27(6)20-25(4)21-36(56-12)44(52)59-42/h13,15-18,20-21,26-35,37-43,48-51,54H,14,19,22-23H2,1-12H3,(H2,47,53)/b16-13+,18-15+,24-17+,25-20+,36-21-/t26?,27?,28-,29?,30?,31-,32?,33-,34-,35?,37-,38+,39?,40?,41?,42?,43-,46+/m1/s1. The number of amides is 1. The maximum atomic E-state index is 13.9. The molecule has 2 saturated heterocycles. The molecule has 1 amide bonds. The molecule has 15 heteroatoms. The zero-order chi connectivity index (χ0) is 45.9. The van der Waals surface area contributed by atoms with Crippen molar-refractivity contribution in [2.75, 3.05) is 14.2 Å². The van der Waals surface area contributed by atoms with Crippen molar-refractivity contribution in [2.24, 2.45) is 41.2 Å². The van der Waals surface area contributed by atoms with E-state index >= 15 is 0 Å². The number of cyclic esters (lactones) is 1. The molecule has 3 rings (SSSR count). The SMILES string of the molecule is C/C=C/[C@H]1O[C@](O)(C(C)C(O)C(C)C2OC(=O)/C(OC)=C/C(C)=C/C(C)C(O)C(CC)C(O)C(C)C/C(C)=C/C=C/C2OC)C[C@@H](O[C@H]2C[C@@H](O)[C@H](OC(N)=O)[C@@H](C)O2)[C@@H]1C. The van der Waals surface area contributed by atoms with Gasteiger partial charge in [0.05, 0.1) is 49.8 Å². The number of aliphatic hydroxyl groups excluding tert-OH is 4. The number of carbonyl (C=O) groups excluding carboxylic acids is 2. The summed E-state index contributed by atoms with van der Waals surface area (Å²) in [4.78, 5) is 25.4. The van der Waals surface area contributed by atoms with Gasteiger partial charge in [0, 0.05) is 49.5 Å². The number of ether oxygens (including phenoxy) is 7. The minimum Gasteiger partial charge on any atom is -0.490 e. The molecule has 7 N–H and O–H groups in total. The van der Waals surface area contributed by atoms with Crippen LogP contribution < -0.4 is 5.73 Å². The Kier molecular flexibility index (Phi) is 20.1. The number of rotatable bonds is 11. The minimum absolute atomic E-state index is 0.0313. The van der Waals surface area contributed by atoms with E-state index in [0.717, 1.165) is 5.57 Å². The van der Waals surface area contributed by atoms with Gasteiger partial charge >= 0.3 is 12.1 Å². The lowest BCUT2D eigenvalue weighted by atomic mass is 9.77. The second-order valence-corrected chi connectivity index (χ2v) is 17.5. The van der Waals surface area contributed by atoms with Crippen molar-refractivity contribution in [1.29, 1.82) is 0 Å². The van der Waals surface area contributed by atoms with Gasteiger partial charge in [0.2, 0.25) is 5.76 Å². The van der Waals surface area contributed by atoms with Crippen LogP contribution in [-0.2, 0) is 38.0 Å². The lowest BCUT2D eigenvalue weighted by molar-refractivity contribution is -0.338. The average Bonchev–Trinajstić information content (AvgIpc) is 3.19. The van der Waals surface area contributed by atoms with Gasteiger partial charge in [-0.1, -0.05) is 89.1 Å². The Morgan fingerprint density at radius 1 is 1.10 bits per heavy atom. The number of carbonyl (C=O) groups is 2. The third kappa shape index (κ3) is 13.7. The predicted molar refractivity (Wildman–Crippen MR) is 228 cm³/mol. The molecular weight excluding hydrogens is 790 g/mol. The predicted octanol–water partition coefficient (Wildman–Crippen LogP) is 4.98. The lowest BCUT2D eigenvalue weighted by Gasteiger charge is -2.49. The minimum atomic E-state index is -1.97. The Balaban J connectivity index is 2.00. The van der Waals surface area contributed by atoms with Crippen LogP contribution >= 0.6 is 0 Å². The summed E-state index contributed by atoms with van der Waals surface area (Å²) in [6.45, 7) is 18.2. The molecular formula is C46H75NO14. The van der Waals surface area contributed by atoms with Crippen LogP contribution in [-0.4, -0.2) is 125 Å². The zero-order valence-corrected chi connectivity index (χ0v) is 38.2. The van der Waals surface area contributed by atoms with Gasteiger partial charge in [-0.2, -0.15) is 0 Å². The van der Waals surface area contributed by atoms with Crippen molar-refractivity contribution in [1.82, 2.24) is 0 Å². The lowest BCUT2D eigenvalue weighted by Crippen LogP contribution is -2.59. The molecule has 3 aliphatic heterocycles. The number of esters is 1. The van der Waals surface area contributed by atoms with Crippen LogP contribution in [0.5, 0.6) is 0 Å². The molecule has 61 heavy (non-hydrogen) atoms. The third-order valence-electron chi connectivity index (χ3n) is 12.8. The van der Waals surface area contributed by atoms with Gasteiger partial charge in [-0.05, 0) is 52.5 Å². The van der Waals surface area contributed by atoms with E-state index in [4.69, 9.17) is 38.9 Å². The van der Waals surface area contributed by atoms with Crippen LogP contribution in [0.4, 0.5) is 4.79 Å². The molecule has 0 radical (unpaired) electrons. The Labute approximate surface area is 362 Å². The van der Waals surface area contributed by atoms with Gasteiger partial charge in [-0.25, -0.2) is 9.59 Å². The van der Waals surface area contributed by atoms with Crippen molar-refractivity contribution in [3.05, 3.63) is 59.4 Å². The highest BCUT2D eigenvalue weighted by atomic mass is 16.7. The van der Waals surface area contributed by atoms with Gasteiger partial charge in [-0.3, -0.25) is 0 Å². The quantitative estimate of drug-likeness (QED) is 0.119. The highest BCUT2D eigenvalue weighted by Gasteiger charge is 2.52. The maximum Gasteiger partial charge on any atom is 0.404 e. The van der Waals surface area contributed by atoms with Crippen molar-refractivity contribution in [3.8, 4) is 0 Å². The molecule has 0 aromatic carbocycles. The summed E-state index contributed by atoms with van der Waals surface area (Å²) in [5.74, 6) is -6.00. The number of methoxy groups -OCH3 is 2. The fourth-order valence-corrected chi connectivity index (χ4v) is 8.94. The molecule has 0 saturated carbocycles. The van der Waals surface area contributed by atoms with Crippen molar-refractivity contribution < 1.29 is 68.3 Å². The summed E-state index contributed by atoms with van der Waals surface area (Å²) < 4.78 is 41.4. The first kappa shape index (κ1) is 52.2. The summed E-state index contributed by atoms with van der Waals surface area (Å²) >= 11 is 0. The van der Waals surface area contributed by atoms with Gasteiger partial charge in [0.15, 0.2) is 18.2 Å². The summed E-state index contributed by atoms with van der Waals surface area (Å²) in [5, 5.41) is 58.0. The molecule has 0 bridgehead atoms. The van der Waals surface area contributed by atoms with Gasteiger partial charge in [0.1, 0.15) is 12.2 Å². The Morgan fingerprint density at radius 3 is 2.34 bits per heavy atom. The van der Waals surface area contributed by atoms with Crippen LogP contribution in [0.2, 0.25) is 0 Å². The van der Waals surface area contributed by atoms with Crippen molar-refractivity contribution >= 4 is 12.1 Å². The van der Waals surface area contributed by atoms with E-state index in [1.165, 1.54) is 20.3 Å². The molecule has 0 aromatic heterocycles. The fourth-order valence-electron chi connectivity index (χ4n) is 8.94. The van der Waals surface area contributed by atoms with Gasteiger partial charge in [0.25, 0.3) is 0 Å². The van der Waals surface area contributed by atoms with E-state index in [-0.39, 0.29) is 42.3 Å². The molecule has 3 heterocycles. The van der Waals surface area contributed by atoms with Crippen LogP contribution in [0.1, 0.15) is 94.9 Å². The number of allylic oxidation sites excluding steroid dienone is 6. The molecule has 15 nitrogen and oxygen atoms in total. The first-order valence-corrected chi connectivity index (χ1v) is 21.7. The molecule has 10 unspecified atom stereocenters. The van der Waals surface area contributed by atoms with E-state index in [1.807, 2.05) is 53.7 Å². The Hall–Kier alpha value is -3.12. The second-order valence-electron chi connectivity index (χ2n) is 17.5. The number of aliphatic hydroxyl groups is 5. The topological polar surface area (TPSA) is 226 Å². The Bertz CT molecular complexity index is 1570. The number of hydrogen-bond donors (Lipinski definition) is 6. The molecule has 348 valence electrons. The molecule has 0 spiro atoms. The number of nitrogens with two attached hydrogens (primary N) is 1. The van der Waals surface area contributed by atoms with Crippen LogP contribution in [0, 0.1) is 35.5 Å². The molecule has 0 aliphatic carbocycles. The van der Waals surface area contributed by atoms with E-state index in [2.05, 4.69) is 0 Å². The monoisotopic (exact) mass is 866 g/mol. The first-order chi connectivity index (χ1) is 28.6. The number of hydrogen-bond acceptors (Lipinski definition) is 14. The third-order valence-corrected chi connectivity index (χ3v) is 12.8. The number of primary amides is 1. The van der Waals surface area contributed by atoms with E-state index in [1.54, 1.807) is 52.0 Å². The summed E-state index contributed by atoms with van der Waals surface area (Å²) in [7, 11) is 2.81. The second kappa shape index (κ2) is 23.5. The van der Waals surface area contributed by atoms with E-state index in [9.17, 15) is 35.1 Å². The summed E-state index contributed by atoms with van der Waals surface area (Å²) in [6, 6.07) is 0. The van der Waals surface area contributed by atoms with Crippen LogP contribution in [0.15, 0.2) is 59.4 Å². The largest absolute Gasteiger partial charge is 0.490 e. The molecule has 2 fully saturated rings. The van der Waals surface area contributed by atoms with Crippen LogP contribution in [0.3, 0.4) is 0 Å². The zero-order valence-electron chi connectivity index (χ0n) is 38.2. The van der Waals surface area contributed by atoms with Crippen LogP contribution in [0.25, 0.3) is 0 Å². The fraction of sp³-hybridized carbons (Fsp3) is 0.739. The molecule has 18 atom stereocenters. The maximum absolute atomic E-state index is 13.9. The van der Waals surface area contributed by atoms with E-state index in [0.29, 0.717) is 18.4 Å². The average molecular weight is 866 g/mol. The normalized spacial score (nSPS) is 42.2. The molecule has 3 aliphatic rings. The van der Waals surface area contributed by atoms with Crippen molar-refractivity contribution in [3.63, 3.8) is 0 Å². The van der Waals surface area contributed by atoms with Crippen molar-refractivity contribution in [2.45, 2.75) is 168 Å². The Morgan fingerprint density at radius 2 is 1.77 bits per heavy atom. The van der Waals surface area contributed by atoms with Gasteiger partial charge in [-0.15, -0.1) is 0 Å². The molecule has 0 aromatic rings. The summed E-state index contributed by atoms with van der Waals surface area (Å²) in [6.07, 6.45) is 2.20.